The molecule has 0 saturated carbocycles. The van der Waals surface area contributed by atoms with Gasteiger partial charge in [-0.1, -0.05) is 12.8 Å². The molecule has 0 bridgehead atoms. The van der Waals surface area contributed by atoms with Crippen LogP contribution in [0.15, 0.2) is 0 Å². The SMILES string of the molecule is C[C@H](NC(=O)CCCC(F)CCF)C(=O)NC1CCCCCNC(=O)C1. The number of hydrogen-bond acceptors (Lipinski definition) is 3. The quantitative estimate of drug-likeness (QED) is 0.575. The van der Waals surface area contributed by atoms with E-state index in [4.69, 9.17) is 0 Å². The summed E-state index contributed by atoms with van der Waals surface area (Å²) in [5.74, 6) is -0.758. The van der Waals surface area contributed by atoms with Gasteiger partial charge in [-0.15, -0.1) is 0 Å². The number of hydrogen-bond donors (Lipinski definition) is 3. The molecule has 0 radical (unpaired) electrons. The molecule has 1 aliphatic rings. The van der Waals surface area contributed by atoms with Gasteiger partial charge >= 0.3 is 0 Å². The second-order valence-corrected chi connectivity index (χ2v) is 6.87. The predicted octanol–water partition coefficient (Wildman–Crippen LogP) is 1.92. The van der Waals surface area contributed by atoms with Crippen LogP contribution in [0.25, 0.3) is 0 Å². The van der Waals surface area contributed by atoms with Gasteiger partial charge in [-0.25, -0.2) is 4.39 Å². The van der Waals surface area contributed by atoms with Gasteiger partial charge in [0.25, 0.3) is 0 Å². The summed E-state index contributed by atoms with van der Waals surface area (Å²) in [4.78, 5) is 35.8. The van der Waals surface area contributed by atoms with E-state index in [1.165, 1.54) is 0 Å². The average molecular weight is 375 g/mol. The first-order chi connectivity index (χ1) is 12.4. The Morgan fingerprint density at radius 1 is 1.27 bits per heavy atom. The van der Waals surface area contributed by atoms with Crippen LogP contribution in [0.4, 0.5) is 8.78 Å². The summed E-state index contributed by atoms with van der Waals surface area (Å²) >= 11 is 0. The molecule has 1 heterocycles. The zero-order chi connectivity index (χ0) is 19.4. The largest absolute Gasteiger partial charge is 0.356 e. The molecule has 2 unspecified atom stereocenters. The Labute approximate surface area is 153 Å². The van der Waals surface area contributed by atoms with E-state index in [2.05, 4.69) is 16.0 Å². The first-order valence-corrected chi connectivity index (χ1v) is 9.48. The highest BCUT2D eigenvalue weighted by Crippen LogP contribution is 2.10. The lowest BCUT2D eigenvalue weighted by Gasteiger charge is -2.21. The topological polar surface area (TPSA) is 87.3 Å². The molecule has 0 aromatic heterocycles. The fourth-order valence-electron chi connectivity index (χ4n) is 2.89. The van der Waals surface area contributed by atoms with E-state index in [9.17, 15) is 23.2 Å². The lowest BCUT2D eigenvalue weighted by Crippen LogP contribution is -2.49. The fourth-order valence-corrected chi connectivity index (χ4v) is 2.89. The number of alkyl halides is 2. The minimum Gasteiger partial charge on any atom is -0.356 e. The van der Waals surface area contributed by atoms with Crippen molar-refractivity contribution >= 4 is 17.7 Å². The van der Waals surface area contributed by atoms with Crippen molar-refractivity contribution in [2.45, 2.75) is 83.0 Å². The lowest BCUT2D eigenvalue weighted by molar-refractivity contribution is -0.129. The Bertz CT molecular complexity index is 463. The molecule has 0 aliphatic carbocycles. The Morgan fingerprint density at radius 2 is 2.04 bits per heavy atom. The van der Waals surface area contributed by atoms with Crippen LogP contribution in [0.2, 0.25) is 0 Å². The van der Waals surface area contributed by atoms with Crippen LogP contribution in [-0.4, -0.2) is 49.2 Å². The number of halogens is 2. The molecule has 1 aliphatic heterocycles. The van der Waals surface area contributed by atoms with Crippen LogP contribution in [0.1, 0.15) is 64.7 Å². The van der Waals surface area contributed by atoms with E-state index >= 15 is 0 Å². The summed E-state index contributed by atoms with van der Waals surface area (Å²) in [7, 11) is 0. The highest BCUT2D eigenvalue weighted by Gasteiger charge is 2.21. The van der Waals surface area contributed by atoms with E-state index in [1.807, 2.05) is 0 Å². The van der Waals surface area contributed by atoms with E-state index in [0.717, 1.165) is 25.7 Å². The molecule has 0 aromatic rings. The maximum Gasteiger partial charge on any atom is 0.242 e. The smallest absolute Gasteiger partial charge is 0.242 e. The van der Waals surface area contributed by atoms with Crippen LogP contribution in [0.5, 0.6) is 0 Å². The van der Waals surface area contributed by atoms with Crippen LogP contribution < -0.4 is 16.0 Å². The molecule has 3 N–H and O–H groups in total. The summed E-state index contributed by atoms with van der Waals surface area (Å²) in [6.07, 6.45) is 2.99. The van der Waals surface area contributed by atoms with Crippen molar-refractivity contribution in [3.63, 3.8) is 0 Å². The number of carbonyl (C=O) groups is 3. The lowest BCUT2D eigenvalue weighted by atomic mass is 10.1. The summed E-state index contributed by atoms with van der Waals surface area (Å²) in [6, 6.07) is -0.974. The fraction of sp³-hybridized carbons (Fsp3) is 0.833. The number of nitrogens with one attached hydrogen (secondary N) is 3. The van der Waals surface area contributed by atoms with Gasteiger partial charge in [0.15, 0.2) is 0 Å². The molecule has 8 heteroatoms. The van der Waals surface area contributed by atoms with E-state index in [1.54, 1.807) is 6.92 Å². The molecule has 0 spiro atoms. The van der Waals surface area contributed by atoms with Gasteiger partial charge in [0, 0.05) is 31.8 Å². The second kappa shape index (κ2) is 12.6. The second-order valence-electron chi connectivity index (χ2n) is 6.87. The van der Waals surface area contributed by atoms with Crippen molar-refractivity contribution in [1.82, 2.24) is 16.0 Å². The van der Waals surface area contributed by atoms with E-state index in [0.29, 0.717) is 13.0 Å². The van der Waals surface area contributed by atoms with E-state index in [-0.39, 0.29) is 49.4 Å². The first-order valence-electron chi connectivity index (χ1n) is 9.48. The molecule has 150 valence electrons. The standard InChI is InChI=1S/C18H31F2N3O3/c1-13(22-16(24)8-5-6-14(20)9-10-19)18(26)23-15-7-3-2-4-11-21-17(25)12-15/h13-15H,2-12H2,1H3,(H,21,25)(H,22,24)(H,23,26)/t13-,14?,15?/m0/s1. The Balaban J connectivity index is 2.33. The van der Waals surface area contributed by atoms with Gasteiger partial charge in [-0.3, -0.25) is 18.8 Å². The molecular formula is C18H31F2N3O3. The molecule has 26 heavy (non-hydrogen) atoms. The summed E-state index contributed by atoms with van der Waals surface area (Å²) < 4.78 is 25.1. The van der Waals surface area contributed by atoms with Crippen LogP contribution in [-0.2, 0) is 14.4 Å². The Hall–Kier alpha value is -1.73. The zero-order valence-corrected chi connectivity index (χ0v) is 15.5. The van der Waals surface area contributed by atoms with Gasteiger partial charge in [0.1, 0.15) is 12.2 Å². The molecular weight excluding hydrogens is 344 g/mol. The third-order valence-electron chi connectivity index (χ3n) is 4.44. The Morgan fingerprint density at radius 3 is 2.77 bits per heavy atom. The molecule has 3 amide bonds. The van der Waals surface area contributed by atoms with Gasteiger partial charge < -0.3 is 16.0 Å². The summed E-state index contributed by atoms with van der Waals surface area (Å²) in [5.41, 5.74) is 0. The Kier molecular flexibility index (Phi) is 10.8. The van der Waals surface area contributed by atoms with Gasteiger partial charge in [-0.2, -0.15) is 0 Å². The molecule has 1 rings (SSSR count). The van der Waals surface area contributed by atoms with Crippen molar-refractivity contribution in [2.24, 2.45) is 0 Å². The van der Waals surface area contributed by atoms with E-state index < -0.39 is 18.9 Å². The minimum atomic E-state index is -1.23. The van der Waals surface area contributed by atoms with Crippen molar-refractivity contribution in [2.75, 3.05) is 13.2 Å². The average Bonchev–Trinajstić information content (AvgIpc) is 2.67. The third kappa shape index (κ3) is 9.68. The highest BCUT2D eigenvalue weighted by molar-refractivity contribution is 5.87. The zero-order valence-electron chi connectivity index (χ0n) is 15.5. The maximum atomic E-state index is 13.2. The van der Waals surface area contributed by atoms with Crippen molar-refractivity contribution < 1.29 is 23.2 Å². The predicted molar refractivity (Wildman–Crippen MR) is 95.0 cm³/mol. The number of rotatable bonds is 9. The van der Waals surface area contributed by atoms with Gasteiger partial charge in [0.2, 0.25) is 17.7 Å². The summed E-state index contributed by atoms with van der Waals surface area (Å²) in [6.45, 7) is 1.53. The highest BCUT2D eigenvalue weighted by atomic mass is 19.1. The normalized spacial score (nSPS) is 20.7. The number of amides is 3. The van der Waals surface area contributed by atoms with Gasteiger partial charge in [-0.05, 0) is 32.6 Å². The van der Waals surface area contributed by atoms with Gasteiger partial charge in [0.05, 0.1) is 6.67 Å². The molecule has 6 nitrogen and oxygen atoms in total. The van der Waals surface area contributed by atoms with Crippen LogP contribution in [0.3, 0.4) is 0 Å². The maximum absolute atomic E-state index is 13.2. The van der Waals surface area contributed by atoms with Crippen LogP contribution in [0, 0.1) is 0 Å². The minimum absolute atomic E-state index is 0.0806. The first kappa shape index (κ1) is 22.3. The molecule has 0 aromatic carbocycles. The molecule has 1 fully saturated rings. The third-order valence-corrected chi connectivity index (χ3v) is 4.44. The van der Waals surface area contributed by atoms with Crippen molar-refractivity contribution in [3.05, 3.63) is 0 Å². The number of carbonyl (C=O) groups excluding carboxylic acids is 3. The summed E-state index contributed by atoms with van der Waals surface area (Å²) in [5, 5.41) is 8.22. The molecule has 3 atom stereocenters. The van der Waals surface area contributed by atoms with Crippen molar-refractivity contribution in [1.29, 1.82) is 0 Å². The van der Waals surface area contributed by atoms with Crippen LogP contribution >= 0.6 is 0 Å². The van der Waals surface area contributed by atoms with Crippen molar-refractivity contribution in [3.8, 4) is 0 Å². The molecule has 1 saturated heterocycles. The monoisotopic (exact) mass is 375 g/mol.